The van der Waals surface area contributed by atoms with Crippen molar-refractivity contribution in [1.29, 1.82) is 0 Å². The van der Waals surface area contributed by atoms with Gasteiger partial charge in [-0.3, -0.25) is 0 Å². The minimum Gasteiger partial charge on any atom is -0.378 e. The zero-order valence-electron chi connectivity index (χ0n) is 11.1. The number of hydrogen-bond donors (Lipinski definition) is 2. The van der Waals surface area contributed by atoms with Crippen LogP contribution in [0.1, 0.15) is 13.8 Å². The van der Waals surface area contributed by atoms with Gasteiger partial charge in [0.15, 0.2) is 0 Å². The molecule has 2 N–H and O–H groups in total. The molecule has 0 amide bonds. The standard InChI is InChI=1S/C11H20N6O/c1-8(2)13-10-14-9(12-3)15-11(16-10)17-4-6-18-7-5-17/h8H,4-7H2,1-3H3,(H2,12,13,14,15,16). The van der Waals surface area contributed by atoms with Gasteiger partial charge < -0.3 is 20.3 Å². The Labute approximate surface area is 107 Å². The van der Waals surface area contributed by atoms with Gasteiger partial charge in [-0.15, -0.1) is 0 Å². The molecule has 1 aliphatic heterocycles. The zero-order valence-corrected chi connectivity index (χ0v) is 11.1. The lowest BCUT2D eigenvalue weighted by atomic mass is 10.4. The van der Waals surface area contributed by atoms with Crippen LogP contribution in [0, 0.1) is 0 Å². The first-order chi connectivity index (χ1) is 8.69. The quantitative estimate of drug-likeness (QED) is 0.811. The predicted molar refractivity (Wildman–Crippen MR) is 71.2 cm³/mol. The number of morpholine rings is 1. The molecule has 100 valence electrons. The monoisotopic (exact) mass is 252 g/mol. The second-order valence-corrected chi connectivity index (χ2v) is 4.43. The first-order valence-electron chi connectivity index (χ1n) is 6.22. The highest BCUT2D eigenvalue weighted by molar-refractivity contribution is 5.44. The molecule has 7 nitrogen and oxygen atoms in total. The van der Waals surface area contributed by atoms with E-state index < -0.39 is 0 Å². The molecule has 0 atom stereocenters. The summed E-state index contributed by atoms with van der Waals surface area (Å²) < 4.78 is 5.33. The Morgan fingerprint density at radius 3 is 2.39 bits per heavy atom. The van der Waals surface area contributed by atoms with Gasteiger partial charge in [-0.05, 0) is 13.8 Å². The molecule has 1 saturated heterocycles. The molecular weight excluding hydrogens is 232 g/mol. The van der Waals surface area contributed by atoms with Crippen molar-refractivity contribution < 1.29 is 4.74 Å². The summed E-state index contributed by atoms with van der Waals surface area (Å²) in [5.74, 6) is 1.88. The summed E-state index contributed by atoms with van der Waals surface area (Å²) in [6, 6.07) is 0.287. The number of hydrogen-bond acceptors (Lipinski definition) is 7. The molecule has 7 heteroatoms. The maximum Gasteiger partial charge on any atom is 0.232 e. The number of ether oxygens (including phenoxy) is 1. The van der Waals surface area contributed by atoms with Crippen molar-refractivity contribution in [3.63, 3.8) is 0 Å². The molecule has 1 aromatic heterocycles. The van der Waals surface area contributed by atoms with Crippen molar-refractivity contribution in [2.45, 2.75) is 19.9 Å². The van der Waals surface area contributed by atoms with Gasteiger partial charge in [-0.2, -0.15) is 15.0 Å². The van der Waals surface area contributed by atoms with Crippen LogP contribution in [0.15, 0.2) is 0 Å². The molecule has 1 aliphatic rings. The molecule has 0 bridgehead atoms. The SMILES string of the molecule is CNc1nc(NC(C)C)nc(N2CCOCC2)n1. The minimum atomic E-state index is 0.287. The van der Waals surface area contributed by atoms with E-state index in [1.165, 1.54) is 0 Å². The fourth-order valence-corrected chi connectivity index (χ4v) is 1.70. The Morgan fingerprint density at radius 2 is 1.78 bits per heavy atom. The number of rotatable bonds is 4. The summed E-state index contributed by atoms with van der Waals surface area (Å²) >= 11 is 0. The molecule has 0 radical (unpaired) electrons. The Balaban J connectivity index is 2.22. The zero-order chi connectivity index (χ0) is 13.0. The van der Waals surface area contributed by atoms with Gasteiger partial charge in [0.1, 0.15) is 0 Å². The van der Waals surface area contributed by atoms with Gasteiger partial charge in [0.25, 0.3) is 0 Å². The summed E-state index contributed by atoms with van der Waals surface area (Å²) in [6.07, 6.45) is 0. The third kappa shape index (κ3) is 3.19. The Hall–Kier alpha value is -1.63. The first kappa shape index (κ1) is 12.8. The van der Waals surface area contributed by atoms with E-state index >= 15 is 0 Å². The van der Waals surface area contributed by atoms with E-state index in [1.807, 2.05) is 0 Å². The normalized spacial score (nSPS) is 15.9. The van der Waals surface area contributed by atoms with Crippen LogP contribution in [0.4, 0.5) is 17.8 Å². The molecular formula is C11H20N6O. The van der Waals surface area contributed by atoms with Crippen molar-refractivity contribution in [2.24, 2.45) is 0 Å². The van der Waals surface area contributed by atoms with E-state index in [9.17, 15) is 0 Å². The third-order valence-electron chi connectivity index (χ3n) is 2.56. The van der Waals surface area contributed by atoms with Crippen molar-refractivity contribution in [2.75, 3.05) is 48.9 Å². The van der Waals surface area contributed by atoms with Crippen LogP contribution in [0.2, 0.25) is 0 Å². The molecule has 0 unspecified atom stereocenters. The van der Waals surface area contributed by atoms with Crippen molar-refractivity contribution in [3.8, 4) is 0 Å². The molecule has 2 rings (SSSR count). The second kappa shape index (κ2) is 5.81. The highest BCUT2D eigenvalue weighted by Gasteiger charge is 2.16. The lowest BCUT2D eigenvalue weighted by Gasteiger charge is -2.27. The summed E-state index contributed by atoms with van der Waals surface area (Å²) in [5.41, 5.74) is 0. The van der Waals surface area contributed by atoms with Crippen molar-refractivity contribution >= 4 is 17.8 Å². The van der Waals surface area contributed by atoms with Crippen LogP contribution in [0.3, 0.4) is 0 Å². The highest BCUT2D eigenvalue weighted by Crippen LogP contribution is 2.15. The van der Waals surface area contributed by atoms with E-state index in [-0.39, 0.29) is 6.04 Å². The molecule has 2 heterocycles. The van der Waals surface area contributed by atoms with Gasteiger partial charge in [0.2, 0.25) is 17.8 Å². The average Bonchev–Trinajstić information content (AvgIpc) is 2.38. The largest absolute Gasteiger partial charge is 0.378 e. The summed E-state index contributed by atoms with van der Waals surface area (Å²) in [7, 11) is 1.80. The predicted octanol–water partition coefficient (Wildman–Crippen LogP) is 0.570. The van der Waals surface area contributed by atoms with Gasteiger partial charge in [0.05, 0.1) is 13.2 Å². The van der Waals surface area contributed by atoms with Crippen molar-refractivity contribution in [1.82, 2.24) is 15.0 Å². The Morgan fingerprint density at radius 1 is 1.11 bits per heavy atom. The maximum absolute atomic E-state index is 5.33. The minimum absolute atomic E-state index is 0.287. The van der Waals surface area contributed by atoms with Gasteiger partial charge in [0, 0.05) is 26.2 Å². The number of nitrogens with one attached hydrogen (secondary N) is 2. The fourth-order valence-electron chi connectivity index (χ4n) is 1.70. The topological polar surface area (TPSA) is 75.2 Å². The molecule has 1 aromatic rings. The molecule has 0 saturated carbocycles. The van der Waals surface area contributed by atoms with Gasteiger partial charge in [-0.1, -0.05) is 0 Å². The Bertz CT molecular complexity index is 391. The molecule has 0 aliphatic carbocycles. The van der Waals surface area contributed by atoms with Gasteiger partial charge >= 0.3 is 0 Å². The van der Waals surface area contributed by atoms with E-state index in [0.717, 1.165) is 13.1 Å². The van der Waals surface area contributed by atoms with Crippen molar-refractivity contribution in [3.05, 3.63) is 0 Å². The molecule has 0 aromatic carbocycles. The number of anilines is 3. The van der Waals surface area contributed by atoms with E-state index in [1.54, 1.807) is 7.05 Å². The molecule has 18 heavy (non-hydrogen) atoms. The summed E-state index contributed by atoms with van der Waals surface area (Å²) in [6.45, 7) is 7.16. The van der Waals surface area contributed by atoms with Crippen LogP contribution in [0.5, 0.6) is 0 Å². The van der Waals surface area contributed by atoms with Gasteiger partial charge in [-0.25, -0.2) is 0 Å². The fraction of sp³-hybridized carbons (Fsp3) is 0.727. The lowest BCUT2D eigenvalue weighted by molar-refractivity contribution is 0.122. The molecule has 0 spiro atoms. The smallest absolute Gasteiger partial charge is 0.232 e. The maximum atomic E-state index is 5.33. The van der Waals surface area contributed by atoms with E-state index in [2.05, 4.69) is 44.3 Å². The third-order valence-corrected chi connectivity index (χ3v) is 2.56. The average molecular weight is 252 g/mol. The van der Waals surface area contributed by atoms with E-state index in [4.69, 9.17) is 4.74 Å². The Kier molecular flexibility index (Phi) is 4.14. The van der Waals surface area contributed by atoms with Crippen LogP contribution < -0.4 is 15.5 Å². The summed E-state index contributed by atoms with van der Waals surface area (Å²) in [4.78, 5) is 15.2. The number of nitrogens with zero attached hydrogens (tertiary/aromatic N) is 4. The number of aromatic nitrogens is 3. The highest BCUT2D eigenvalue weighted by atomic mass is 16.5. The lowest BCUT2D eigenvalue weighted by Crippen LogP contribution is -2.37. The summed E-state index contributed by atoms with van der Waals surface area (Å²) in [5, 5.41) is 6.16. The van der Waals surface area contributed by atoms with Crippen LogP contribution in [-0.2, 0) is 4.74 Å². The second-order valence-electron chi connectivity index (χ2n) is 4.43. The van der Waals surface area contributed by atoms with Crippen LogP contribution in [0.25, 0.3) is 0 Å². The van der Waals surface area contributed by atoms with Crippen LogP contribution in [-0.4, -0.2) is 54.3 Å². The first-order valence-corrected chi connectivity index (χ1v) is 6.22. The molecule has 1 fully saturated rings. The van der Waals surface area contributed by atoms with E-state index in [0.29, 0.717) is 31.1 Å². The van der Waals surface area contributed by atoms with Crippen LogP contribution >= 0.6 is 0 Å².